The first-order valence-electron chi connectivity index (χ1n) is 6.45. The van der Waals surface area contributed by atoms with Gasteiger partial charge in [-0.15, -0.1) is 0 Å². The highest BCUT2D eigenvalue weighted by atomic mass is 19.4. The third kappa shape index (κ3) is 5.02. The van der Waals surface area contributed by atoms with Crippen molar-refractivity contribution in [3.63, 3.8) is 0 Å². The van der Waals surface area contributed by atoms with Gasteiger partial charge in [-0.1, -0.05) is 30.3 Å². The molecule has 4 nitrogen and oxygen atoms in total. The summed E-state index contributed by atoms with van der Waals surface area (Å²) in [6.45, 7) is 1.60. The topological polar surface area (TPSA) is 64.3 Å². The van der Waals surface area contributed by atoms with Gasteiger partial charge in [-0.2, -0.15) is 13.2 Å². The van der Waals surface area contributed by atoms with Crippen LogP contribution < -0.4 is 11.1 Å². The average Bonchev–Trinajstić information content (AvgIpc) is 2.36. The number of nitrogens with two attached hydrogens (primary N) is 1. The molecule has 0 spiro atoms. The van der Waals surface area contributed by atoms with Crippen molar-refractivity contribution in [2.24, 2.45) is 5.73 Å². The van der Waals surface area contributed by atoms with Gasteiger partial charge in [0.25, 0.3) is 0 Å². The minimum absolute atomic E-state index is 0.174. The van der Waals surface area contributed by atoms with Crippen molar-refractivity contribution in [1.29, 1.82) is 0 Å². The normalized spacial score (nSPS) is 15.0. The summed E-state index contributed by atoms with van der Waals surface area (Å²) in [5.41, 5.74) is 4.41. The van der Waals surface area contributed by atoms with Crippen LogP contribution in [0.25, 0.3) is 0 Å². The molecule has 0 aliphatic heterocycles. The molecule has 0 saturated heterocycles. The van der Waals surface area contributed by atoms with Crippen LogP contribution in [0.15, 0.2) is 30.3 Å². The van der Waals surface area contributed by atoms with Crippen LogP contribution in [0.1, 0.15) is 19.4 Å². The Labute approximate surface area is 121 Å². The number of benzene rings is 1. The van der Waals surface area contributed by atoms with Crippen molar-refractivity contribution >= 4 is 5.91 Å². The smallest absolute Gasteiger partial charge is 0.369 e. The van der Waals surface area contributed by atoms with Gasteiger partial charge in [-0.3, -0.25) is 10.1 Å². The lowest BCUT2D eigenvalue weighted by atomic mass is 9.89. The zero-order valence-electron chi connectivity index (χ0n) is 11.9. The summed E-state index contributed by atoms with van der Waals surface area (Å²) in [7, 11) is 0. The molecule has 21 heavy (non-hydrogen) atoms. The SMILES string of the molecule is CC(C)NC(COCC(F)(F)F)(C(N)=O)c1ccccc1. The summed E-state index contributed by atoms with van der Waals surface area (Å²) in [4.78, 5) is 11.9. The molecule has 0 aliphatic rings. The molecule has 0 radical (unpaired) electrons. The predicted octanol–water partition coefficient (Wildman–Crippen LogP) is 1.94. The predicted molar refractivity (Wildman–Crippen MR) is 72.5 cm³/mol. The van der Waals surface area contributed by atoms with Crippen LogP contribution in [0, 0.1) is 0 Å². The molecule has 0 aliphatic carbocycles. The van der Waals surface area contributed by atoms with Crippen LogP contribution in [0.2, 0.25) is 0 Å². The number of rotatable bonds is 7. The molecule has 1 atom stereocenters. The van der Waals surface area contributed by atoms with Gasteiger partial charge < -0.3 is 10.5 Å². The number of nitrogens with one attached hydrogen (secondary N) is 1. The van der Waals surface area contributed by atoms with Crippen molar-refractivity contribution in [2.75, 3.05) is 13.2 Å². The quantitative estimate of drug-likeness (QED) is 0.809. The number of alkyl halides is 3. The zero-order valence-corrected chi connectivity index (χ0v) is 11.9. The van der Waals surface area contributed by atoms with Crippen LogP contribution in [0.5, 0.6) is 0 Å². The van der Waals surface area contributed by atoms with Gasteiger partial charge in [-0.25, -0.2) is 0 Å². The Balaban J connectivity index is 3.05. The van der Waals surface area contributed by atoms with E-state index in [4.69, 9.17) is 10.5 Å². The number of hydrogen-bond donors (Lipinski definition) is 2. The Morgan fingerprint density at radius 1 is 1.24 bits per heavy atom. The van der Waals surface area contributed by atoms with E-state index in [9.17, 15) is 18.0 Å². The van der Waals surface area contributed by atoms with E-state index in [2.05, 4.69) is 5.32 Å². The molecule has 118 valence electrons. The summed E-state index contributed by atoms with van der Waals surface area (Å²) in [6, 6.07) is 8.17. The molecule has 7 heteroatoms. The number of halogens is 3. The van der Waals surface area contributed by atoms with Crippen molar-refractivity contribution in [1.82, 2.24) is 5.32 Å². The van der Waals surface area contributed by atoms with E-state index in [0.717, 1.165) is 0 Å². The molecule has 0 saturated carbocycles. The van der Waals surface area contributed by atoms with E-state index in [0.29, 0.717) is 5.56 Å². The Bertz CT molecular complexity index is 463. The lowest BCUT2D eigenvalue weighted by molar-refractivity contribution is -0.180. The zero-order chi connectivity index (χ0) is 16.1. The Morgan fingerprint density at radius 3 is 2.24 bits per heavy atom. The van der Waals surface area contributed by atoms with Gasteiger partial charge in [0, 0.05) is 6.04 Å². The third-order valence-electron chi connectivity index (χ3n) is 2.81. The van der Waals surface area contributed by atoms with Gasteiger partial charge in [0.1, 0.15) is 12.1 Å². The maximum absolute atomic E-state index is 12.2. The number of hydrogen-bond acceptors (Lipinski definition) is 3. The number of primary amides is 1. The molecule has 1 amide bonds. The number of ether oxygens (including phenoxy) is 1. The molecule has 1 unspecified atom stereocenters. The molecule has 3 N–H and O–H groups in total. The van der Waals surface area contributed by atoms with E-state index in [-0.39, 0.29) is 6.04 Å². The fourth-order valence-corrected chi connectivity index (χ4v) is 2.03. The van der Waals surface area contributed by atoms with Crippen LogP contribution in [0.3, 0.4) is 0 Å². The van der Waals surface area contributed by atoms with E-state index >= 15 is 0 Å². The van der Waals surface area contributed by atoms with Gasteiger partial charge in [0.15, 0.2) is 0 Å². The fraction of sp³-hybridized carbons (Fsp3) is 0.500. The average molecular weight is 304 g/mol. The highest BCUT2D eigenvalue weighted by Gasteiger charge is 2.40. The molecule has 1 rings (SSSR count). The first kappa shape index (κ1) is 17.5. The van der Waals surface area contributed by atoms with Gasteiger partial charge in [0.05, 0.1) is 6.61 Å². The maximum Gasteiger partial charge on any atom is 0.411 e. The lowest BCUT2D eigenvalue weighted by Gasteiger charge is -2.34. The standard InChI is InChI=1S/C14H19F3N2O2/c1-10(2)19-13(12(18)20,8-21-9-14(15,16)17)11-6-4-3-5-7-11/h3-7,10,19H,8-9H2,1-2H3,(H2,18,20). The van der Waals surface area contributed by atoms with Crippen LogP contribution in [-0.2, 0) is 15.1 Å². The second-order valence-electron chi connectivity index (χ2n) is 5.04. The summed E-state index contributed by atoms with van der Waals surface area (Å²) < 4.78 is 41.4. The monoisotopic (exact) mass is 304 g/mol. The van der Waals surface area contributed by atoms with E-state index in [1.807, 2.05) is 0 Å². The second kappa shape index (κ2) is 6.91. The van der Waals surface area contributed by atoms with Crippen LogP contribution in [-0.4, -0.2) is 31.3 Å². The number of amides is 1. The molecule has 0 heterocycles. The number of carbonyl (C=O) groups excluding carboxylic acids is 1. The molecule has 0 fully saturated rings. The Hall–Kier alpha value is -1.60. The molecule has 0 bridgehead atoms. The summed E-state index contributed by atoms with van der Waals surface area (Å²) in [5.74, 6) is -0.787. The van der Waals surface area contributed by atoms with Gasteiger partial charge in [0.2, 0.25) is 5.91 Å². The molecular formula is C14H19F3N2O2. The highest BCUT2D eigenvalue weighted by Crippen LogP contribution is 2.24. The summed E-state index contributed by atoms with van der Waals surface area (Å²) in [6.07, 6.45) is -4.46. The van der Waals surface area contributed by atoms with Crippen molar-refractivity contribution < 1.29 is 22.7 Å². The lowest BCUT2D eigenvalue weighted by Crippen LogP contribution is -2.58. The van der Waals surface area contributed by atoms with E-state index in [1.165, 1.54) is 0 Å². The summed E-state index contributed by atoms with van der Waals surface area (Å²) >= 11 is 0. The Kier molecular flexibility index (Phi) is 5.74. The maximum atomic E-state index is 12.2. The molecule has 1 aromatic rings. The minimum atomic E-state index is -4.46. The molecule has 1 aromatic carbocycles. The van der Waals surface area contributed by atoms with Crippen LogP contribution >= 0.6 is 0 Å². The third-order valence-corrected chi connectivity index (χ3v) is 2.81. The summed E-state index contributed by atoms with van der Waals surface area (Å²) in [5, 5.41) is 2.93. The Morgan fingerprint density at radius 2 is 1.81 bits per heavy atom. The van der Waals surface area contributed by atoms with Crippen molar-refractivity contribution in [2.45, 2.75) is 31.6 Å². The minimum Gasteiger partial charge on any atom is -0.369 e. The fourth-order valence-electron chi connectivity index (χ4n) is 2.03. The van der Waals surface area contributed by atoms with Crippen molar-refractivity contribution in [3.8, 4) is 0 Å². The van der Waals surface area contributed by atoms with Crippen LogP contribution in [0.4, 0.5) is 13.2 Å². The van der Waals surface area contributed by atoms with Gasteiger partial charge in [-0.05, 0) is 19.4 Å². The van der Waals surface area contributed by atoms with E-state index < -0.39 is 30.8 Å². The first-order valence-corrected chi connectivity index (χ1v) is 6.45. The van der Waals surface area contributed by atoms with Gasteiger partial charge >= 0.3 is 6.18 Å². The van der Waals surface area contributed by atoms with Crippen molar-refractivity contribution in [3.05, 3.63) is 35.9 Å². The number of carbonyl (C=O) groups is 1. The molecule has 0 aromatic heterocycles. The van der Waals surface area contributed by atoms with E-state index in [1.54, 1.807) is 44.2 Å². The largest absolute Gasteiger partial charge is 0.411 e. The highest BCUT2D eigenvalue weighted by molar-refractivity contribution is 5.86. The molecular weight excluding hydrogens is 285 g/mol. The first-order chi connectivity index (χ1) is 9.67. The second-order valence-corrected chi connectivity index (χ2v) is 5.04.